The van der Waals surface area contributed by atoms with Crippen LogP contribution in [0, 0.1) is 0 Å². The molecular formula is C29H22N2O3. The zero-order valence-corrected chi connectivity index (χ0v) is 18.3. The summed E-state index contributed by atoms with van der Waals surface area (Å²) < 4.78 is 0. The Bertz CT molecular complexity index is 1350. The maximum absolute atomic E-state index is 14.0. The SMILES string of the molecule is O=C(C1=C(c2ccccc2)N(c2ccccc2)C(O)(Nc2ccccc2)C1=O)c1ccccc1. The third-order valence-electron chi connectivity index (χ3n) is 5.74. The Balaban J connectivity index is 1.76. The monoisotopic (exact) mass is 446 g/mol. The fourth-order valence-corrected chi connectivity index (χ4v) is 4.20. The fourth-order valence-electron chi connectivity index (χ4n) is 4.20. The van der Waals surface area contributed by atoms with Gasteiger partial charge in [0.05, 0.1) is 11.3 Å². The van der Waals surface area contributed by atoms with Crippen LogP contribution in [0.3, 0.4) is 0 Å². The Morgan fingerprint density at radius 3 is 1.79 bits per heavy atom. The lowest BCUT2D eigenvalue weighted by Crippen LogP contribution is -2.56. The fraction of sp³-hybridized carbons (Fsp3) is 0.0345. The molecule has 1 aliphatic heterocycles. The first-order valence-corrected chi connectivity index (χ1v) is 10.9. The van der Waals surface area contributed by atoms with Crippen LogP contribution < -0.4 is 10.2 Å². The van der Waals surface area contributed by atoms with Gasteiger partial charge in [0, 0.05) is 16.9 Å². The van der Waals surface area contributed by atoms with Crippen LogP contribution in [0.4, 0.5) is 11.4 Å². The highest BCUT2D eigenvalue weighted by Gasteiger charge is 2.55. The summed E-state index contributed by atoms with van der Waals surface area (Å²) in [6.45, 7) is 0. The van der Waals surface area contributed by atoms with Crippen molar-refractivity contribution in [3.8, 4) is 0 Å². The number of hydrogen-bond donors (Lipinski definition) is 2. The van der Waals surface area contributed by atoms with Crippen LogP contribution in [0.25, 0.3) is 5.70 Å². The normalized spacial score (nSPS) is 17.7. The number of nitrogens with zero attached hydrogens (tertiary/aromatic N) is 1. The van der Waals surface area contributed by atoms with Gasteiger partial charge in [-0.3, -0.25) is 14.5 Å². The zero-order valence-electron chi connectivity index (χ0n) is 18.3. The summed E-state index contributed by atoms with van der Waals surface area (Å²) >= 11 is 0. The highest BCUT2D eigenvalue weighted by Crippen LogP contribution is 2.43. The average molecular weight is 447 g/mol. The van der Waals surface area contributed by atoms with Gasteiger partial charge >= 0.3 is 0 Å². The van der Waals surface area contributed by atoms with Gasteiger partial charge in [0.1, 0.15) is 0 Å². The topological polar surface area (TPSA) is 69.6 Å². The maximum atomic E-state index is 14.0. The van der Waals surface area contributed by atoms with Crippen molar-refractivity contribution in [1.82, 2.24) is 0 Å². The smallest absolute Gasteiger partial charge is 0.288 e. The highest BCUT2D eigenvalue weighted by molar-refractivity contribution is 6.37. The minimum atomic E-state index is -2.21. The molecule has 0 bridgehead atoms. The number of ketones is 2. The van der Waals surface area contributed by atoms with Crippen LogP contribution in [0.5, 0.6) is 0 Å². The summed E-state index contributed by atoms with van der Waals surface area (Å²) in [7, 11) is 0. The van der Waals surface area contributed by atoms with Gasteiger partial charge in [0.15, 0.2) is 5.78 Å². The molecule has 166 valence electrons. The van der Waals surface area contributed by atoms with Gasteiger partial charge in [-0.25, -0.2) is 0 Å². The Hall–Kier alpha value is -4.48. The predicted octanol–water partition coefficient (Wildman–Crippen LogP) is 5.13. The number of para-hydroxylation sites is 2. The standard InChI is InChI=1S/C29H22N2O3/c32-27(22-15-7-2-8-16-22)25-26(21-13-5-1-6-14-21)31(24-19-11-4-12-20-24)29(34,28(25)33)30-23-17-9-3-10-18-23/h1-20,30,34H. The molecule has 0 spiro atoms. The molecule has 5 heteroatoms. The van der Waals surface area contributed by atoms with Crippen LogP contribution in [0.2, 0.25) is 0 Å². The number of nitrogens with one attached hydrogen (secondary N) is 1. The molecule has 0 aliphatic carbocycles. The van der Waals surface area contributed by atoms with Gasteiger partial charge in [-0.1, -0.05) is 97.1 Å². The molecule has 0 fully saturated rings. The van der Waals surface area contributed by atoms with E-state index < -0.39 is 17.4 Å². The molecule has 1 atom stereocenters. The number of hydrogen-bond acceptors (Lipinski definition) is 5. The first kappa shape index (κ1) is 21.4. The van der Waals surface area contributed by atoms with E-state index in [1.54, 1.807) is 60.7 Å². The molecule has 4 aromatic carbocycles. The quantitative estimate of drug-likeness (QED) is 0.244. The van der Waals surface area contributed by atoms with E-state index in [-0.39, 0.29) is 5.57 Å². The first-order chi connectivity index (χ1) is 16.6. The molecule has 5 rings (SSSR count). The van der Waals surface area contributed by atoms with E-state index in [1.165, 1.54) is 4.90 Å². The lowest BCUT2D eigenvalue weighted by molar-refractivity contribution is -0.128. The van der Waals surface area contributed by atoms with E-state index in [4.69, 9.17) is 0 Å². The Kier molecular flexibility index (Phi) is 5.54. The molecule has 0 radical (unpaired) electrons. The van der Waals surface area contributed by atoms with Crippen molar-refractivity contribution in [2.45, 2.75) is 5.85 Å². The van der Waals surface area contributed by atoms with Gasteiger partial charge in [0.2, 0.25) is 5.78 Å². The summed E-state index contributed by atoms with van der Waals surface area (Å²) in [5, 5.41) is 15.0. The van der Waals surface area contributed by atoms with E-state index in [9.17, 15) is 14.7 Å². The van der Waals surface area contributed by atoms with E-state index in [0.717, 1.165) is 0 Å². The molecule has 34 heavy (non-hydrogen) atoms. The molecule has 1 aliphatic rings. The molecule has 0 aromatic heterocycles. The summed E-state index contributed by atoms with van der Waals surface area (Å²) in [6, 6.07) is 35.9. The molecule has 0 amide bonds. The lowest BCUT2D eigenvalue weighted by Gasteiger charge is -2.36. The molecule has 4 aromatic rings. The van der Waals surface area contributed by atoms with E-state index in [2.05, 4.69) is 5.32 Å². The van der Waals surface area contributed by atoms with E-state index in [0.29, 0.717) is 28.2 Å². The van der Waals surface area contributed by atoms with Crippen molar-refractivity contribution < 1.29 is 14.7 Å². The highest BCUT2D eigenvalue weighted by atomic mass is 16.3. The minimum Gasteiger partial charge on any atom is -0.347 e. The van der Waals surface area contributed by atoms with Crippen LogP contribution >= 0.6 is 0 Å². The third-order valence-corrected chi connectivity index (χ3v) is 5.74. The molecule has 1 heterocycles. The second-order valence-corrected chi connectivity index (χ2v) is 7.95. The van der Waals surface area contributed by atoms with Gasteiger partial charge in [-0.2, -0.15) is 0 Å². The Labute approximate surface area is 197 Å². The van der Waals surface area contributed by atoms with E-state index in [1.807, 2.05) is 60.7 Å². The molecule has 2 N–H and O–H groups in total. The number of anilines is 2. The molecular weight excluding hydrogens is 424 g/mol. The Morgan fingerprint density at radius 1 is 0.706 bits per heavy atom. The molecule has 5 nitrogen and oxygen atoms in total. The number of benzene rings is 4. The minimum absolute atomic E-state index is 0.0767. The predicted molar refractivity (Wildman–Crippen MR) is 133 cm³/mol. The van der Waals surface area contributed by atoms with Crippen molar-refractivity contribution in [1.29, 1.82) is 0 Å². The number of aliphatic hydroxyl groups is 1. The van der Waals surface area contributed by atoms with Crippen molar-refractivity contribution in [2.75, 3.05) is 10.2 Å². The summed E-state index contributed by atoms with van der Waals surface area (Å²) in [6.07, 6.45) is 0. The number of Topliss-reactive ketones (excluding diaryl/α,β-unsaturated/α-hetero) is 2. The number of rotatable bonds is 6. The van der Waals surface area contributed by atoms with Crippen LogP contribution in [-0.4, -0.2) is 22.5 Å². The maximum Gasteiger partial charge on any atom is 0.288 e. The van der Waals surface area contributed by atoms with Gasteiger partial charge < -0.3 is 10.4 Å². The molecule has 0 saturated carbocycles. The first-order valence-electron chi connectivity index (χ1n) is 10.9. The largest absolute Gasteiger partial charge is 0.347 e. The lowest BCUT2D eigenvalue weighted by atomic mass is 9.96. The van der Waals surface area contributed by atoms with Crippen molar-refractivity contribution >= 4 is 28.6 Å². The third kappa shape index (κ3) is 3.68. The van der Waals surface area contributed by atoms with Crippen molar-refractivity contribution in [3.05, 3.63) is 138 Å². The van der Waals surface area contributed by atoms with Crippen molar-refractivity contribution in [3.63, 3.8) is 0 Å². The second-order valence-electron chi connectivity index (χ2n) is 7.95. The second kappa shape index (κ2) is 8.81. The van der Waals surface area contributed by atoms with Crippen molar-refractivity contribution in [2.24, 2.45) is 0 Å². The van der Waals surface area contributed by atoms with Crippen LogP contribution in [0.15, 0.2) is 127 Å². The van der Waals surface area contributed by atoms with Crippen LogP contribution in [0.1, 0.15) is 15.9 Å². The number of carbonyl (C=O) groups excluding carboxylic acids is 2. The summed E-state index contributed by atoms with van der Waals surface area (Å²) in [4.78, 5) is 29.2. The molecule has 1 unspecified atom stereocenters. The summed E-state index contributed by atoms with van der Waals surface area (Å²) in [5.74, 6) is -3.38. The molecule has 0 saturated heterocycles. The zero-order chi connectivity index (χ0) is 23.5. The van der Waals surface area contributed by atoms with Gasteiger partial charge in [0.25, 0.3) is 5.85 Å². The van der Waals surface area contributed by atoms with Gasteiger partial charge in [-0.15, -0.1) is 0 Å². The van der Waals surface area contributed by atoms with Gasteiger partial charge in [-0.05, 0) is 29.8 Å². The number of carbonyl (C=O) groups is 2. The Morgan fingerprint density at radius 2 is 1.21 bits per heavy atom. The van der Waals surface area contributed by atoms with E-state index >= 15 is 0 Å². The average Bonchev–Trinajstić information content (AvgIpc) is 3.12. The summed E-state index contributed by atoms with van der Waals surface area (Å²) in [5.41, 5.74) is 2.39. The van der Waals surface area contributed by atoms with Crippen LogP contribution in [-0.2, 0) is 4.79 Å².